The number of aryl methyl sites for hydroxylation is 1. The molecule has 1 aromatic carbocycles. The van der Waals surface area contributed by atoms with Gasteiger partial charge in [0, 0.05) is 54.1 Å². The van der Waals surface area contributed by atoms with E-state index in [1.165, 1.54) is 32.1 Å². The highest BCUT2D eigenvalue weighted by Gasteiger charge is 2.17. The van der Waals surface area contributed by atoms with Crippen molar-refractivity contribution in [3.05, 3.63) is 61.4 Å². The van der Waals surface area contributed by atoms with Crippen molar-refractivity contribution in [2.45, 2.75) is 58.0 Å². The largest absolute Gasteiger partial charge is 0.465 e. The van der Waals surface area contributed by atoms with Crippen LogP contribution in [-0.2, 0) is 7.05 Å². The number of rotatable bonds is 7. The third-order valence-electron chi connectivity index (χ3n) is 7.00. The number of carboxylic acid groups (broad SMARTS) is 1. The van der Waals surface area contributed by atoms with Crippen molar-refractivity contribution in [2.24, 2.45) is 13.0 Å². The molecular formula is C29H37N7O3. The second-order valence-electron chi connectivity index (χ2n) is 10.3. The van der Waals surface area contributed by atoms with Gasteiger partial charge in [-0.05, 0) is 30.4 Å². The van der Waals surface area contributed by atoms with Gasteiger partial charge in [0.2, 0.25) is 0 Å². The molecule has 0 saturated heterocycles. The Labute approximate surface area is 228 Å². The molecule has 39 heavy (non-hydrogen) atoms. The molecule has 1 saturated carbocycles. The van der Waals surface area contributed by atoms with Gasteiger partial charge in [-0.2, -0.15) is 10.2 Å². The number of nitrogens with zero attached hydrogens (tertiary/aromatic N) is 6. The first-order valence-electron chi connectivity index (χ1n) is 13.4. The molecule has 206 valence electrons. The predicted octanol–water partition coefficient (Wildman–Crippen LogP) is 5.18. The number of aliphatic hydroxyl groups excluding tert-OH is 1. The van der Waals surface area contributed by atoms with Crippen LogP contribution in [0.15, 0.2) is 61.4 Å². The molecule has 0 spiro atoms. The Morgan fingerprint density at radius 1 is 0.949 bits per heavy atom. The molecule has 1 aliphatic carbocycles. The molecule has 1 atom stereocenters. The third kappa shape index (κ3) is 7.51. The zero-order chi connectivity index (χ0) is 27.8. The van der Waals surface area contributed by atoms with E-state index in [-0.39, 0.29) is 18.6 Å². The van der Waals surface area contributed by atoms with Crippen LogP contribution in [0, 0.1) is 5.92 Å². The molecule has 0 unspecified atom stereocenters. The van der Waals surface area contributed by atoms with Gasteiger partial charge in [0.25, 0.3) is 0 Å². The maximum absolute atomic E-state index is 10.1. The Balaban J connectivity index is 0.000000303. The van der Waals surface area contributed by atoms with Crippen molar-refractivity contribution < 1.29 is 15.0 Å². The minimum Gasteiger partial charge on any atom is -0.465 e. The topological polar surface area (TPSA) is 131 Å². The van der Waals surface area contributed by atoms with Crippen LogP contribution in [0.2, 0.25) is 0 Å². The summed E-state index contributed by atoms with van der Waals surface area (Å²) in [7, 11) is 1.92. The molecule has 1 aliphatic rings. The second kappa shape index (κ2) is 13.1. The highest BCUT2D eigenvalue weighted by molar-refractivity contribution is 5.70. The smallest absolute Gasteiger partial charge is 0.404 e. The van der Waals surface area contributed by atoms with E-state index >= 15 is 0 Å². The van der Waals surface area contributed by atoms with E-state index in [9.17, 15) is 4.79 Å². The van der Waals surface area contributed by atoms with Crippen LogP contribution in [0.25, 0.3) is 33.6 Å². The number of aromatic nitrogens is 6. The summed E-state index contributed by atoms with van der Waals surface area (Å²) in [6.45, 7) is 3.54. The van der Waals surface area contributed by atoms with Crippen LogP contribution in [0.3, 0.4) is 0 Å². The number of hydrogen-bond acceptors (Lipinski definition) is 6. The molecule has 0 aliphatic heterocycles. The van der Waals surface area contributed by atoms with Crippen LogP contribution in [0.1, 0.15) is 52.0 Å². The molecule has 0 bridgehead atoms. The molecule has 10 heteroatoms. The summed E-state index contributed by atoms with van der Waals surface area (Å²) >= 11 is 0. The fourth-order valence-electron chi connectivity index (χ4n) is 4.65. The van der Waals surface area contributed by atoms with Crippen LogP contribution >= 0.6 is 0 Å². The molecule has 3 aromatic heterocycles. The van der Waals surface area contributed by atoms with E-state index < -0.39 is 6.09 Å². The van der Waals surface area contributed by atoms with Gasteiger partial charge in [-0.1, -0.05) is 51.3 Å². The Hall–Kier alpha value is -4.05. The van der Waals surface area contributed by atoms with Crippen molar-refractivity contribution >= 4 is 6.09 Å². The summed E-state index contributed by atoms with van der Waals surface area (Å²) in [6.07, 6.45) is 17.0. The van der Waals surface area contributed by atoms with E-state index in [0.29, 0.717) is 6.04 Å². The summed E-state index contributed by atoms with van der Waals surface area (Å²) in [5, 5.41) is 27.9. The van der Waals surface area contributed by atoms with Gasteiger partial charge in [-0.15, -0.1) is 0 Å². The highest BCUT2D eigenvalue weighted by Crippen LogP contribution is 2.29. The zero-order valence-electron chi connectivity index (χ0n) is 22.7. The maximum Gasteiger partial charge on any atom is 0.404 e. The SMILES string of the molecule is CC(C)[C@H](CO)NC(=O)O.Cn1cc(-c2cccc(-c3ncc(-c4cnn(C5CCCCC5)c4)cn3)c2)cn1. The Bertz CT molecular complexity index is 1340. The quantitative estimate of drug-likeness (QED) is 0.299. The fraction of sp³-hybridized carbons (Fsp3) is 0.414. The van der Waals surface area contributed by atoms with Crippen molar-refractivity contribution in [1.29, 1.82) is 0 Å². The molecular weight excluding hydrogens is 494 g/mol. The lowest BCUT2D eigenvalue weighted by atomic mass is 9.96. The Morgan fingerprint density at radius 2 is 1.62 bits per heavy atom. The van der Waals surface area contributed by atoms with E-state index in [1.54, 1.807) is 4.68 Å². The van der Waals surface area contributed by atoms with Gasteiger partial charge in [0.05, 0.1) is 31.1 Å². The number of amides is 1. The number of carbonyl (C=O) groups is 1. The lowest BCUT2D eigenvalue weighted by molar-refractivity contribution is 0.166. The molecule has 1 fully saturated rings. The normalized spacial score (nSPS) is 14.5. The lowest BCUT2D eigenvalue weighted by Crippen LogP contribution is -2.40. The van der Waals surface area contributed by atoms with E-state index in [0.717, 1.165) is 33.6 Å². The fourth-order valence-corrected chi connectivity index (χ4v) is 4.65. The first kappa shape index (κ1) is 28.0. The number of benzene rings is 1. The van der Waals surface area contributed by atoms with Gasteiger partial charge < -0.3 is 15.5 Å². The van der Waals surface area contributed by atoms with E-state index in [2.05, 4.69) is 48.5 Å². The minimum absolute atomic E-state index is 0.126. The first-order valence-corrected chi connectivity index (χ1v) is 13.4. The second-order valence-corrected chi connectivity index (χ2v) is 10.3. The molecule has 4 aromatic rings. The molecule has 3 N–H and O–H groups in total. The summed E-state index contributed by atoms with van der Waals surface area (Å²) < 4.78 is 3.93. The van der Waals surface area contributed by atoms with Gasteiger partial charge >= 0.3 is 6.09 Å². The highest BCUT2D eigenvalue weighted by atomic mass is 16.4. The van der Waals surface area contributed by atoms with Crippen LogP contribution in [-0.4, -0.2) is 58.5 Å². The average molecular weight is 532 g/mol. The van der Waals surface area contributed by atoms with E-state index in [1.807, 2.05) is 64.0 Å². The number of aliphatic hydroxyl groups is 1. The molecule has 3 heterocycles. The van der Waals surface area contributed by atoms with Crippen molar-refractivity contribution in [3.8, 4) is 33.6 Å². The van der Waals surface area contributed by atoms with Crippen LogP contribution < -0.4 is 5.32 Å². The minimum atomic E-state index is -1.09. The number of hydrogen-bond donors (Lipinski definition) is 3. The van der Waals surface area contributed by atoms with Crippen LogP contribution in [0.4, 0.5) is 4.79 Å². The lowest BCUT2D eigenvalue weighted by Gasteiger charge is -2.21. The number of nitrogens with one attached hydrogen (secondary N) is 1. The summed E-state index contributed by atoms with van der Waals surface area (Å²) in [6, 6.07) is 8.44. The standard InChI is InChI=1S/C23H24N6.C6H13NO3/c1-28-15-20(13-26-28)17-6-5-7-18(10-17)23-24-11-19(12-25-23)21-14-27-29(16-21)22-8-3-2-4-9-22;1-4(2)5(3-8)7-6(9)10/h5-7,10-16,22H,2-4,8-9H2,1H3;4-5,7-8H,3H2,1-2H3,(H,9,10)/t;5-/m.0/s1. The summed E-state index contributed by atoms with van der Waals surface area (Å²) in [4.78, 5) is 19.3. The van der Waals surface area contributed by atoms with Gasteiger partial charge in [0.1, 0.15) is 0 Å². The van der Waals surface area contributed by atoms with Crippen molar-refractivity contribution in [3.63, 3.8) is 0 Å². The third-order valence-corrected chi connectivity index (χ3v) is 7.00. The first-order chi connectivity index (χ1) is 18.8. The molecule has 5 rings (SSSR count). The average Bonchev–Trinajstić information content (AvgIpc) is 3.62. The molecule has 0 radical (unpaired) electrons. The summed E-state index contributed by atoms with van der Waals surface area (Å²) in [5.74, 6) is 0.847. The van der Waals surface area contributed by atoms with E-state index in [4.69, 9.17) is 10.2 Å². The molecule has 1 amide bonds. The van der Waals surface area contributed by atoms with Gasteiger partial charge in [-0.25, -0.2) is 14.8 Å². The summed E-state index contributed by atoms with van der Waals surface area (Å²) in [5.41, 5.74) is 5.26. The Morgan fingerprint density at radius 3 is 2.21 bits per heavy atom. The maximum atomic E-state index is 10.1. The van der Waals surface area contributed by atoms with Crippen LogP contribution in [0.5, 0.6) is 0 Å². The molecule has 10 nitrogen and oxygen atoms in total. The predicted molar refractivity (Wildman–Crippen MR) is 150 cm³/mol. The monoisotopic (exact) mass is 531 g/mol. The van der Waals surface area contributed by atoms with Gasteiger partial charge in [-0.3, -0.25) is 9.36 Å². The Kier molecular flexibility index (Phi) is 9.43. The van der Waals surface area contributed by atoms with Crippen molar-refractivity contribution in [2.75, 3.05) is 6.61 Å². The van der Waals surface area contributed by atoms with Gasteiger partial charge in [0.15, 0.2) is 5.82 Å². The zero-order valence-corrected chi connectivity index (χ0v) is 22.7. The van der Waals surface area contributed by atoms with Crippen molar-refractivity contribution in [1.82, 2.24) is 34.8 Å².